The standard InChI is InChI=1S/C17H18O4/c1-2-20-15-11-7-6-8-13(15)12-16(17(18)19)21-14-9-4-3-5-10-14/h3-11,16H,2,12H2,1H3,(H,18,19)/t16-/m0/s1. The van der Waals surface area contributed by atoms with E-state index in [0.29, 0.717) is 18.1 Å². The Balaban J connectivity index is 2.15. The summed E-state index contributed by atoms with van der Waals surface area (Å²) in [4.78, 5) is 11.4. The zero-order chi connectivity index (χ0) is 15.1. The molecule has 21 heavy (non-hydrogen) atoms. The molecule has 0 amide bonds. The van der Waals surface area contributed by atoms with Crippen LogP contribution in [0.2, 0.25) is 0 Å². The fourth-order valence-corrected chi connectivity index (χ4v) is 2.01. The van der Waals surface area contributed by atoms with Gasteiger partial charge >= 0.3 is 5.97 Å². The van der Waals surface area contributed by atoms with Crippen LogP contribution in [-0.4, -0.2) is 23.8 Å². The molecular formula is C17H18O4. The van der Waals surface area contributed by atoms with Gasteiger partial charge < -0.3 is 14.6 Å². The second kappa shape index (κ2) is 7.33. The number of hydrogen-bond acceptors (Lipinski definition) is 3. The van der Waals surface area contributed by atoms with Gasteiger partial charge in [-0.25, -0.2) is 4.79 Å². The van der Waals surface area contributed by atoms with Crippen LogP contribution in [0.25, 0.3) is 0 Å². The van der Waals surface area contributed by atoms with Crippen molar-refractivity contribution in [3.63, 3.8) is 0 Å². The first kappa shape index (κ1) is 14.9. The Morgan fingerprint density at radius 1 is 1.10 bits per heavy atom. The lowest BCUT2D eigenvalue weighted by Crippen LogP contribution is -2.29. The van der Waals surface area contributed by atoms with Crippen LogP contribution in [0.3, 0.4) is 0 Å². The predicted octanol–water partition coefficient (Wildman–Crippen LogP) is 3.16. The smallest absolute Gasteiger partial charge is 0.345 e. The normalized spacial score (nSPS) is 11.7. The molecule has 1 atom stereocenters. The van der Waals surface area contributed by atoms with Gasteiger partial charge in [0.1, 0.15) is 11.5 Å². The van der Waals surface area contributed by atoms with Crippen LogP contribution >= 0.6 is 0 Å². The third-order valence-corrected chi connectivity index (χ3v) is 2.97. The summed E-state index contributed by atoms with van der Waals surface area (Å²) in [5.74, 6) is 0.242. The van der Waals surface area contributed by atoms with Gasteiger partial charge in [-0.15, -0.1) is 0 Å². The summed E-state index contributed by atoms with van der Waals surface area (Å²) in [6.07, 6.45) is -0.700. The van der Waals surface area contributed by atoms with E-state index < -0.39 is 12.1 Å². The maximum atomic E-state index is 11.4. The van der Waals surface area contributed by atoms with Crippen molar-refractivity contribution in [1.29, 1.82) is 0 Å². The summed E-state index contributed by atoms with van der Waals surface area (Å²) >= 11 is 0. The van der Waals surface area contributed by atoms with E-state index in [-0.39, 0.29) is 6.42 Å². The number of rotatable bonds is 7. The van der Waals surface area contributed by atoms with E-state index in [1.165, 1.54) is 0 Å². The van der Waals surface area contributed by atoms with Crippen LogP contribution < -0.4 is 9.47 Å². The van der Waals surface area contributed by atoms with Crippen molar-refractivity contribution in [2.24, 2.45) is 0 Å². The molecule has 0 heterocycles. The van der Waals surface area contributed by atoms with Crippen LogP contribution in [0.1, 0.15) is 12.5 Å². The lowest BCUT2D eigenvalue weighted by molar-refractivity contribution is -0.145. The maximum absolute atomic E-state index is 11.4. The molecule has 0 radical (unpaired) electrons. The van der Waals surface area contributed by atoms with Crippen molar-refractivity contribution < 1.29 is 19.4 Å². The molecule has 0 aromatic heterocycles. The molecule has 2 rings (SSSR count). The molecule has 0 saturated carbocycles. The molecule has 0 aliphatic rings. The van der Waals surface area contributed by atoms with Crippen molar-refractivity contribution in [2.45, 2.75) is 19.4 Å². The first-order valence-corrected chi connectivity index (χ1v) is 6.86. The van der Waals surface area contributed by atoms with E-state index in [0.717, 1.165) is 5.56 Å². The quantitative estimate of drug-likeness (QED) is 0.849. The topological polar surface area (TPSA) is 55.8 Å². The van der Waals surface area contributed by atoms with E-state index in [2.05, 4.69) is 0 Å². The number of carbonyl (C=O) groups is 1. The maximum Gasteiger partial charge on any atom is 0.345 e. The van der Waals surface area contributed by atoms with Crippen LogP contribution in [0.15, 0.2) is 54.6 Å². The molecule has 110 valence electrons. The van der Waals surface area contributed by atoms with E-state index in [1.54, 1.807) is 12.1 Å². The van der Waals surface area contributed by atoms with Gasteiger partial charge in [-0.1, -0.05) is 36.4 Å². The summed E-state index contributed by atoms with van der Waals surface area (Å²) in [6, 6.07) is 16.4. The summed E-state index contributed by atoms with van der Waals surface area (Å²) in [7, 11) is 0. The van der Waals surface area contributed by atoms with Gasteiger partial charge in [0.2, 0.25) is 0 Å². The number of benzene rings is 2. The second-order valence-electron chi connectivity index (χ2n) is 4.50. The third-order valence-electron chi connectivity index (χ3n) is 2.97. The molecular weight excluding hydrogens is 268 g/mol. The van der Waals surface area contributed by atoms with Gasteiger partial charge in [0.05, 0.1) is 6.61 Å². The Hall–Kier alpha value is -2.49. The summed E-state index contributed by atoms with van der Waals surface area (Å²) in [5, 5.41) is 9.35. The average Bonchev–Trinajstić information content (AvgIpc) is 2.49. The molecule has 0 bridgehead atoms. The third kappa shape index (κ3) is 4.24. The van der Waals surface area contributed by atoms with Crippen molar-refractivity contribution >= 4 is 5.97 Å². The Kier molecular flexibility index (Phi) is 5.21. The summed E-state index contributed by atoms with van der Waals surface area (Å²) in [5.41, 5.74) is 0.822. The lowest BCUT2D eigenvalue weighted by Gasteiger charge is -2.17. The SMILES string of the molecule is CCOc1ccccc1C[C@H](Oc1ccccc1)C(=O)O. The van der Waals surface area contributed by atoms with E-state index in [9.17, 15) is 9.90 Å². The van der Waals surface area contributed by atoms with E-state index in [4.69, 9.17) is 9.47 Å². The number of aliphatic carboxylic acids is 1. The van der Waals surface area contributed by atoms with Gasteiger partial charge in [-0.3, -0.25) is 0 Å². The minimum absolute atomic E-state index is 0.250. The highest BCUT2D eigenvalue weighted by Gasteiger charge is 2.21. The largest absolute Gasteiger partial charge is 0.494 e. The van der Waals surface area contributed by atoms with Gasteiger partial charge in [-0.2, -0.15) is 0 Å². The number of carboxylic acids is 1. The monoisotopic (exact) mass is 286 g/mol. The Morgan fingerprint density at radius 2 is 1.76 bits per heavy atom. The van der Waals surface area contributed by atoms with Crippen LogP contribution in [0.5, 0.6) is 11.5 Å². The first-order valence-electron chi connectivity index (χ1n) is 6.86. The molecule has 0 aliphatic carbocycles. The molecule has 0 saturated heterocycles. The highest BCUT2D eigenvalue weighted by Crippen LogP contribution is 2.21. The van der Waals surface area contributed by atoms with E-state index in [1.807, 2.05) is 49.4 Å². The van der Waals surface area contributed by atoms with Crippen molar-refractivity contribution in [3.8, 4) is 11.5 Å². The lowest BCUT2D eigenvalue weighted by atomic mass is 10.1. The molecule has 0 spiro atoms. The summed E-state index contributed by atoms with van der Waals surface area (Å²) in [6.45, 7) is 2.43. The number of ether oxygens (including phenoxy) is 2. The van der Waals surface area contributed by atoms with Crippen molar-refractivity contribution in [1.82, 2.24) is 0 Å². The molecule has 4 heteroatoms. The number of hydrogen-bond donors (Lipinski definition) is 1. The van der Waals surface area contributed by atoms with Crippen LogP contribution in [0, 0.1) is 0 Å². The zero-order valence-corrected chi connectivity index (χ0v) is 11.9. The molecule has 0 fully saturated rings. The molecule has 2 aromatic carbocycles. The number of carboxylic acid groups (broad SMARTS) is 1. The highest BCUT2D eigenvalue weighted by atomic mass is 16.5. The average molecular weight is 286 g/mol. The molecule has 2 aromatic rings. The molecule has 1 N–H and O–H groups in total. The van der Waals surface area contributed by atoms with Crippen LogP contribution in [-0.2, 0) is 11.2 Å². The second-order valence-corrected chi connectivity index (χ2v) is 4.50. The fraction of sp³-hybridized carbons (Fsp3) is 0.235. The Morgan fingerprint density at radius 3 is 2.43 bits per heavy atom. The first-order chi connectivity index (χ1) is 10.2. The Bertz CT molecular complexity index is 580. The summed E-state index contributed by atoms with van der Waals surface area (Å²) < 4.78 is 11.1. The van der Waals surface area contributed by atoms with Crippen molar-refractivity contribution in [3.05, 3.63) is 60.2 Å². The Labute approximate surface area is 123 Å². The zero-order valence-electron chi connectivity index (χ0n) is 11.9. The number of para-hydroxylation sites is 2. The van der Waals surface area contributed by atoms with Gasteiger partial charge in [0.15, 0.2) is 6.10 Å². The van der Waals surface area contributed by atoms with Gasteiger partial charge in [0.25, 0.3) is 0 Å². The molecule has 0 unspecified atom stereocenters. The predicted molar refractivity (Wildman–Crippen MR) is 79.8 cm³/mol. The molecule has 0 aliphatic heterocycles. The van der Waals surface area contributed by atoms with E-state index >= 15 is 0 Å². The molecule has 4 nitrogen and oxygen atoms in total. The minimum Gasteiger partial charge on any atom is -0.494 e. The highest BCUT2D eigenvalue weighted by molar-refractivity contribution is 5.73. The van der Waals surface area contributed by atoms with Crippen LogP contribution in [0.4, 0.5) is 0 Å². The minimum atomic E-state index is -0.995. The van der Waals surface area contributed by atoms with Gasteiger partial charge in [-0.05, 0) is 30.7 Å². The van der Waals surface area contributed by atoms with Crippen molar-refractivity contribution in [2.75, 3.05) is 6.61 Å². The van der Waals surface area contributed by atoms with Gasteiger partial charge in [0, 0.05) is 6.42 Å². The fourth-order valence-electron chi connectivity index (χ4n) is 2.01.